The van der Waals surface area contributed by atoms with E-state index in [1.54, 1.807) is 0 Å². The molecule has 2 heterocycles. The lowest BCUT2D eigenvalue weighted by molar-refractivity contribution is -0.138. The Morgan fingerprint density at radius 2 is 2.27 bits per heavy atom. The van der Waals surface area contributed by atoms with Crippen molar-refractivity contribution in [2.24, 2.45) is 5.92 Å². The van der Waals surface area contributed by atoms with Gasteiger partial charge in [0, 0.05) is 28.2 Å². The number of hydrogen-bond acceptors (Lipinski definition) is 4. The molecule has 22 heavy (non-hydrogen) atoms. The van der Waals surface area contributed by atoms with Crippen LogP contribution in [0.4, 0.5) is 0 Å². The van der Waals surface area contributed by atoms with E-state index in [9.17, 15) is 14.4 Å². The quantitative estimate of drug-likeness (QED) is 0.719. The smallest absolute Gasteiger partial charge is 0.305 e. The molecule has 0 aliphatic carbocycles. The van der Waals surface area contributed by atoms with Crippen LogP contribution in [0.2, 0.25) is 0 Å². The minimum Gasteiger partial charge on any atom is -0.481 e. The number of halogens is 1. The molecule has 0 saturated carbocycles. The zero-order valence-electron chi connectivity index (χ0n) is 12.0. The first-order valence-corrected chi connectivity index (χ1v) is 8.63. The fourth-order valence-electron chi connectivity index (χ4n) is 2.57. The average Bonchev–Trinajstić information content (AvgIpc) is 2.82. The standard InChI is InChI=1S/C14H17BrN2O4S/c1-7-2-8(3-12(18)16-7)14(21)17-11(4-13(19)20)9-5-22-6-10(9)15/h5-8,11H,2-4H2,1H3,(H,16,18)(H,17,21)(H,19,20)/t7-,8+,11?/m1/s1. The molecular weight excluding hydrogens is 372 g/mol. The zero-order valence-corrected chi connectivity index (χ0v) is 14.4. The van der Waals surface area contributed by atoms with Gasteiger partial charge in [0.15, 0.2) is 0 Å². The van der Waals surface area contributed by atoms with Crippen LogP contribution in [-0.4, -0.2) is 28.9 Å². The fourth-order valence-corrected chi connectivity index (χ4v) is 4.20. The summed E-state index contributed by atoms with van der Waals surface area (Å²) in [4.78, 5) is 35.0. The predicted octanol–water partition coefficient (Wildman–Crippen LogP) is 2.06. The van der Waals surface area contributed by atoms with Crippen molar-refractivity contribution in [1.29, 1.82) is 0 Å². The van der Waals surface area contributed by atoms with Crippen LogP contribution in [0.15, 0.2) is 15.2 Å². The van der Waals surface area contributed by atoms with Gasteiger partial charge in [-0.05, 0) is 40.2 Å². The first kappa shape index (κ1) is 17.0. The van der Waals surface area contributed by atoms with Crippen molar-refractivity contribution < 1.29 is 19.5 Å². The number of hydrogen-bond donors (Lipinski definition) is 3. The summed E-state index contributed by atoms with van der Waals surface area (Å²) in [5.41, 5.74) is 0.744. The van der Waals surface area contributed by atoms with Crippen LogP contribution in [0.3, 0.4) is 0 Å². The number of nitrogens with one attached hydrogen (secondary N) is 2. The molecule has 2 rings (SSSR count). The highest BCUT2D eigenvalue weighted by molar-refractivity contribution is 9.10. The molecule has 1 unspecified atom stereocenters. The Labute approximate surface area is 140 Å². The van der Waals surface area contributed by atoms with Crippen LogP contribution in [0.5, 0.6) is 0 Å². The predicted molar refractivity (Wildman–Crippen MR) is 85.5 cm³/mol. The van der Waals surface area contributed by atoms with Crippen molar-refractivity contribution in [2.45, 2.75) is 38.3 Å². The molecule has 1 aliphatic rings. The van der Waals surface area contributed by atoms with E-state index in [1.807, 2.05) is 17.7 Å². The van der Waals surface area contributed by atoms with Gasteiger partial charge >= 0.3 is 5.97 Å². The third kappa shape index (κ3) is 4.30. The molecule has 1 saturated heterocycles. The highest BCUT2D eigenvalue weighted by Crippen LogP contribution is 2.30. The summed E-state index contributed by atoms with van der Waals surface area (Å²) in [7, 11) is 0. The van der Waals surface area contributed by atoms with Crippen LogP contribution in [0, 0.1) is 5.92 Å². The zero-order chi connectivity index (χ0) is 16.3. The summed E-state index contributed by atoms with van der Waals surface area (Å²) >= 11 is 4.79. The Balaban J connectivity index is 2.09. The van der Waals surface area contributed by atoms with E-state index in [-0.39, 0.29) is 30.7 Å². The van der Waals surface area contributed by atoms with Gasteiger partial charge in [-0.25, -0.2) is 0 Å². The number of carbonyl (C=O) groups is 3. The third-order valence-corrected chi connectivity index (χ3v) is 5.31. The molecule has 6 nitrogen and oxygen atoms in total. The highest BCUT2D eigenvalue weighted by Gasteiger charge is 2.31. The summed E-state index contributed by atoms with van der Waals surface area (Å²) in [5.74, 6) is -1.83. The second kappa shape index (κ2) is 7.23. The first-order valence-electron chi connectivity index (χ1n) is 6.90. The Bertz CT molecular complexity index is 589. The monoisotopic (exact) mass is 388 g/mol. The third-order valence-electron chi connectivity index (χ3n) is 3.56. The molecule has 0 spiro atoms. The van der Waals surface area contributed by atoms with E-state index >= 15 is 0 Å². The van der Waals surface area contributed by atoms with Gasteiger partial charge in [0.25, 0.3) is 0 Å². The van der Waals surface area contributed by atoms with Gasteiger partial charge in [-0.15, -0.1) is 0 Å². The Kier molecular flexibility index (Phi) is 5.57. The second-order valence-electron chi connectivity index (χ2n) is 5.44. The SMILES string of the molecule is C[C@@H]1C[C@H](C(=O)NC(CC(=O)O)c2cscc2Br)CC(=O)N1. The topological polar surface area (TPSA) is 95.5 Å². The summed E-state index contributed by atoms with van der Waals surface area (Å²) in [6.45, 7) is 1.85. The number of carboxylic acids is 1. The number of rotatable bonds is 5. The number of carbonyl (C=O) groups excluding carboxylic acids is 2. The molecule has 1 aromatic rings. The van der Waals surface area contributed by atoms with Crippen LogP contribution in [0.1, 0.15) is 37.8 Å². The van der Waals surface area contributed by atoms with Gasteiger partial charge < -0.3 is 15.7 Å². The number of aliphatic carboxylic acids is 1. The number of carboxylic acid groups (broad SMARTS) is 1. The maximum absolute atomic E-state index is 12.4. The maximum atomic E-state index is 12.4. The van der Waals surface area contributed by atoms with Crippen molar-refractivity contribution in [3.8, 4) is 0 Å². The summed E-state index contributed by atoms with van der Waals surface area (Å²) in [5, 5.41) is 18.3. The molecule has 3 N–H and O–H groups in total. The van der Waals surface area contributed by atoms with E-state index in [0.29, 0.717) is 6.42 Å². The molecule has 0 radical (unpaired) electrons. The largest absolute Gasteiger partial charge is 0.481 e. The number of piperidine rings is 1. The van der Waals surface area contributed by atoms with Crippen molar-refractivity contribution in [3.63, 3.8) is 0 Å². The molecule has 0 aromatic carbocycles. The Hall–Kier alpha value is -1.41. The Morgan fingerprint density at radius 1 is 1.55 bits per heavy atom. The molecule has 2 amide bonds. The lowest BCUT2D eigenvalue weighted by atomic mass is 9.91. The van der Waals surface area contributed by atoms with E-state index in [0.717, 1.165) is 10.0 Å². The molecular formula is C14H17BrN2O4S. The van der Waals surface area contributed by atoms with Gasteiger partial charge in [-0.2, -0.15) is 11.3 Å². The lowest BCUT2D eigenvalue weighted by Gasteiger charge is -2.28. The van der Waals surface area contributed by atoms with Gasteiger partial charge in [-0.1, -0.05) is 0 Å². The summed E-state index contributed by atoms with van der Waals surface area (Å²) < 4.78 is 0.777. The average molecular weight is 389 g/mol. The normalized spacial score (nSPS) is 22.7. The fraction of sp³-hybridized carbons (Fsp3) is 0.500. The minimum atomic E-state index is -0.988. The molecule has 0 bridgehead atoms. The van der Waals surface area contributed by atoms with Crippen molar-refractivity contribution >= 4 is 45.1 Å². The van der Waals surface area contributed by atoms with E-state index in [2.05, 4.69) is 26.6 Å². The molecule has 120 valence electrons. The van der Waals surface area contributed by atoms with Crippen molar-refractivity contribution in [2.75, 3.05) is 0 Å². The van der Waals surface area contributed by atoms with Crippen LogP contribution >= 0.6 is 27.3 Å². The van der Waals surface area contributed by atoms with Crippen LogP contribution < -0.4 is 10.6 Å². The lowest BCUT2D eigenvalue weighted by Crippen LogP contribution is -2.46. The maximum Gasteiger partial charge on any atom is 0.305 e. The van der Waals surface area contributed by atoms with E-state index in [4.69, 9.17) is 5.11 Å². The highest BCUT2D eigenvalue weighted by atomic mass is 79.9. The van der Waals surface area contributed by atoms with Crippen LogP contribution in [-0.2, 0) is 14.4 Å². The van der Waals surface area contributed by atoms with E-state index in [1.165, 1.54) is 11.3 Å². The number of amides is 2. The number of thiophene rings is 1. The van der Waals surface area contributed by atoms with Gasteiger partial charge in [0.1, 0.15) is 0 Å². The molecule has 1 aliphatic heterocycles. The van der Waals surface area contributed by atoms with Gasteiger partial charge in [0.2, 0.25) is 11.8 Å². The van der Waals surface area contributed by atoms with Gasteiger partial charge in [0.05, 0.1) is 12.5 Å². The summed E-state index contributed by atoms with van der Waals surface area (Å²) in [6, 6.07) is -0.659. The molecule has 1 aromatic heterocycles. The molecule has 1 fully saturated rings. The van der Waals surface area contributed by atoms with Crippen molar-refractivity contribution in [3.05, 3.63) is 20.8 Å². The van der Waals surface area contributed by atoms with Gasteiger partial charge in [-0.3, -0.25) is 14.4 Å². The molecule has 8 heteroatoms. The van der Waals surface area contributed by atoms with E-state index < -0.39 is 17.9 Å². The second-order valence-corrected chi connectivity index (χ2v) is 7.04. The summed E-state index contributed by atoms with van der Waals surface area (Å²) in [6.07, 6.45) is 0.498. The minimum absolute atomic E-state index is 0.0530. The van der Waals surface area contributed by atoms with Crippen LogP contribution in [0.25, 0.3) is 0 Å². The molecule has 3 atom stereocenters. The van der Waals surface area contributed by atoms with Crippen molar-refractivity contribution in [1.82, 2.24) is 10.6 Å². The first-order chi connectivity index (χ1) is 10.4. The Morgan fingerprint density at radius 3 is 2.82 bits per heavy atom.